The maximum Gasteiger partial charge on any atom is 0.357 e. The Bertz CT molecular complexity index is 296. The zero-order valence-corrected chi connectivity index (χ0v) is 6.36. The Kier molecular flexibility index (Phi) is 2.42. The van der Waals surface area contributed by atoms with Crippen LogP contribution in [0.2, 0.25) is 0 Å². The van der Waals surface area contributed by atoms with Crippen molar-refractivity contribution in [2.45, 2.75) is 6.92 Å². The van der Waals surface area contributed by atoms with Crippen molar-refractivity contribution in [1.82, 2.24) is 4.98 Å². The second-order valence-corrected chi connectivity index (χ2v) is 2.05. The molecule has 0 saturated heterocycles. The standard InChI is InChI=1S/C7H7F2NO2/c1-2-12-7(11)6-5(9)4(8)3-10-6/h3,10H,2H2,1H3. The lowest BCUT2D eigenvalue weighted by Crippen LogP contribution is -2.06. The van der Waals surface area contributed by atoms with E-state index in [0.29, 0.717) is 0 Å². The first kappa shape index (κ1) is 8.70. The molecule has 12 heavy (non-hydrogen) atoms. The van der Waals surface area contributed by atoms with E-state index in [1.54, 1.807) is 6.92 Å². The van der Waals surface area contributed by atoms with Gasteiger partial charge < -0.3 is 9.72 Å². The van der Waals surface area contributed by atoms with Gasteiger partial charge in [0, 0.05) is 6.20 Å². The summed E-state index contributed by atoms with van der Waals surface area (Å²) in [4.78, 5) is 13.0. The number of halogens is 2. The minimum Gasteiger partial charge on any atom is -0.461 e. The Balaban J connectivity index is 2.88. The molecule has 5 heteroatoms. The van der Waals surface area contributed by atoms with E-state index in [1.807, 2.05) is 0 Å². The summed E-state index contributed by atoms with van der Waals surface area (Å²) >= 11 is 0. The van der Waals surface area contributed by atoms with Crippen LogP contribution in [0.5, 0.6) is 0 Å². The molecule has 66 valence electrons. The van der Waals surface area contributed by atoms with Gasteiger partial charge in [0.1, 0.15) is 0 Å². The predicted molar refractivity (Wildman–Crippen MR) is 36.7 cm³/mol. The van der Waals surface area contributed by atoms with Crippen LogP contribution in [-0.4, -0.2) is 17.6 Å². The van der Waals surface area contributed by atoms with Crippen molar-refractivity contribution in [3.63, 3.8) is 0 Å². The summed E-state index contributed by atoms with van der Waals surface area (Å²) in [5.41, 5.74) is -0.477. The number of carbonyl (C=O) groups excluding carboxylic acids is 1. The van der Waals surface area contributed by atoms with Crippen LogP contribution in [0.3, 0.4) is 0 Å². The zero-order chi connectivity index (χ0) is 9.14. The van der Waals surface area contributed by atoms with Gasteiger partial charge in [-0.2, -0.15) is 0 Å². The highest BCUT2D eigenvalue weighted by Gasteiger charge is 2.18. The van der Waals surface area contributed by atoms with Gasteiger partial charge >= 0.3 is 5.97 Å². The van der Waals surface area contributed by atoms with E-state index in [1.165, 1.54) is 0 Å². The molecule has 0 aliphatic rings. The van der Waals surface area contributed by atoms with Crippen LogP contribution in [0.25, 0.3) is 0 Å². The molecule has 0 fully saturated rings. The van der Waals surface area contributed by atoms with Crippen LogP contribution in [0.15, 0.2) is 6.20 Å². The van der Waals surface area contributed by atoms with E-state index in [2.05, 4.69) is 9.72 Å². The Morgan fingerprint density at radius 3 is 2.75 bits per heavy atom. The van der Waals surface area contributed by atoms with Gasteiger partial charge in [-0.1, -0.05) is 0 Å². The zero-order valence-electron chi connectivity index (χ0n) is 6.36. The van der Waals surface area contributed by atoms with Crippen LogP contribution in [0, 0.1) is 11.6 Å². The van der Waals surface area contributed by atoms with Gasteiger partial charge in [0.05, 0.1) is 6.61 Å². The Hall–Kier alpha value is -1.39. The number of rotatable bonds is 2. The van der Waals surface area contributed by atoms with Gasteiger partial charge in [0.15, 0.2) is 17.3 Å². The number of H-pyrrole nitrogens is 1. The average Bonchev–Trinajstić information content (AvgIpc) is 2.34. The first-order valence-corrected chi connectivity index (χ1v) is 3.36. The lowest BCUT2D eigenvalue weighted by Gasteiger charge is -1.97. The van der Waals surface area contributed by atoms with E-state index in [9.17, 15) is 13.6 Å². The second kappa shape index (κ2) is 3.34. The summed E-state index contributed by atoms with van der Waals surface area (Å²) in [6, 6.07) is 0. The third-order valence-corrected chi connectivity index (χ3v) is 1.25. The minimum absolute atomic E-state index is 0.124. The predicted octanol–water partition coefficient (Wildman–Crippen LogP) is 1.47. The van der Waals surface area contributed by atoms with Crippen molar-refractivity contribution in [3.05, 3.63) is 23.5 Å². The van der Waals surface area contributed by atoms with Crippen LogP contribution >= 0.6 is 0 Å². The maximum absolute atomic E-state index is 12.6. The lowest BCUT2D eigenvalue weighted by molar-refractivity contribution is 0.0514. The molecule has 0 radical (unpaired) electrons. The summed E-state index contributed by atoms with van der Waals surface area (Å²) in [6.07, 6.45) is 0.765. The molecule has 0 saturated carbocycles. The number of carbonyl (C=O) groups is 1. The lowest BCUT2D eigenvalue weighted by atomic mass is 10.4. The summed E-state index contributed by atoms with van der Waals surface area (Å²) < 4.78 is 29.4. The molecule has 0 spiro atoms. The third-order valence-electron chi connectivity index (χ3n) is 1.25. The second-order valence-electron chi connectivity index (χ2n) is 2.05. The number of ether oxygens (including phenoxy) is 1. The molecule has 0 unspecified atom stereocenters. The topological polar surface area (TPSA) is 42.1 Å². The summed E-state index contributed by atoms with van der Waals surface area (Å²) in [5.74, 6) is -3.18. The molecule has 1 aromatic heterocycles. The number of esters is 1. The Morgan fingerprint density at radius 1 is 1.67 bits per heavy atom. The molecule has 0 bridgehead atoms. The van der Waals surface area contributed by atoms with Gasteiger partial charge in [-0.15, -0.1) is 0 Å². The fourth-order valence-corrected chi connectivity index (χ4v) is 0.733. The normalized spacial score (nSPS) is 9.92. The van der Waals surface area contributed by atoms with Gasteiger partial charge in [-0.05, 0) is 6.92 Å². The van der Waals surface area contributed by atoms with Crippen molar-refractivity contribution in [2.24, 2.45) is 0 Å². The van der Waals surface area contributed by atoms with Crippen LogP contribution < -0.4 is 0 Å². The number of hydrogen-bond acceptors (Lipinski definition) is 2. The molecule has 3 nitrogen and oxygen atoms in total. The van der Waals surface area contributed by atoms with E-state index >= 15 is 0 Å². The fraction of sp³-hybridized carbons (Fsp3) is 0.286. The first-order chi connectivity index (χ1) is 5.66. The molecule has 0 aromatic carbocycles. The molecule has 1 rings (SSSR count). The smallest absolute Gasteiger partial charge is 0.357 e. The molecule has 0 amide bonds. The third kappa shape index (κ3) is 1.44. The van der Waals surface area contributed by atoms with E-state index in [4.69, 9.17) is 0 Å². The summed E-state index contributed by atoms with van der Waals surface area (Å²) in [5, 5.41) is 0. The molecule has 1 N–H and O–H groups in total. The molecule has 1 heterocycles. The monoisotopic (exact) mass is 175 g/mol. The molecule has 0 atom stereocenters. The maximum atomic E-state index is 12.6. The van der Waals surface area contributed by atoms with Crippen LogP contribution in [0.4, 0.5) is 8.78 Å². The van der Waals surface area contributed by atoms with E-state index in [0.717, 1.165) is 6.20 Å². The number of aromatic nitrogens is 1. The highest BCUT2D eigenvalue weighted by molar-refractivity contribution is 5.87. The number of nitrogens with one attached hydrogen (secondary N) is 1. The molecule has 0 aliphatic heterocycles. The highest BCUT2D eigenvalue weighted by atomic mass is 19.2. The molecule has 0 aliphatic carbocycles. The molecular formula is C7H7F2NO2. The minimum atomic E-state index is -1.20. The van der Waals surface area contributed by atoms with Crippen molar-refractivity contribution in [3.8, 4) is 0 Å². The first-order valence-electron chi connectivity index (χ1n) is 3.36. The van der Waals surface area contributed by atoms with Gasteiger partial charge in [-0.25, -0.2) is 13.6 Å². The Labute approximate surface area is 67.3 Å². The number of aromatic amines is 1. The van der Waals surface area contributed by atoms with Crippen molar-refractivity contribution in [1.29, 1.82) is 0 Å². The van der Waals surface area contributed by atoms with Crippen LogP contribution in [-0.2, 0) is 4.74 Å². The Morgan fingerprint density at radius 2 is 2.33 bits per heavy atom. The number of hydrogen-bond donors (Lipinski definition) is 1. The van der Waals surface area contributed by atoms with E-state index < -0.39 is 23.3 Å². The average molecular weight is 175 g/mol. The van der Waals surface area contributed by atoms with Crippen molar-refractivity contribution in [2.75, 3.05) is 6.61 Å². The van der Waals surface area contributed by atoms with Crippen molar-refractivity contribution >= 4 is 5.97 Å². The summed E-state index contributed by atoms with van der Waals surface area (Å²) in [7, 11) is 0. The molecule has 1 aromatic rings. The molecular weight excluding hydrogens is 168 g/mol. The SMILES string of the molecule is CCOC(=O)c1[nH]cc(F)c1F. The quantitative estimate of drug-likeness (QED) is 0.691. The fourth-order valence-electron chi connectivity index (χ4n) is 0.733. The highest BCUT2D eigenvalue weighted by Crippen LogP contribution is 2.10. The van der Waals surface area contributed by atoms with Gasteiger partial charge in [0.25, 0.3) is 0 Å². The van der Waals surface area contributed by atoms with Crippen molar-refractivity contribution < 1.29 is 18.3 Å². The van der Waals surface area contributed by atoms with Crippen LogP contribution in [0.1, 0.15) is 17.4 Å². The van der Waals surface area contributed by atoms with Gasteiger partial charge in [0.2, 0.25) is 0 Å². The summed E-state index contributed by atoms with van der Waals surface area (Å²) in [6.45, 7) is 1.70. The largest absolute Gasteiger partial charge is 0.461 e. The van der Waals surface area contributed by atoms with E-state index in [-0.39, 0.29) is 6.61 Å². The van der Waals surface area contributed by atoms with Gasteiger partial charge in [-0.3, -0.25) is 0 Å².